The zero-order valence-electron chi connectivity index (χ0n) is 19.9. The SMILES string of the molecule is Cc1ccc(C(C)C)c(OCc2ccc(C(=O)Nc3ccc(CN4CCCCC4)cc3)o2)c1. The first-order valence-electron chi connectivity index (χ1n) is 11.9. The van der Waals surface area contributed by atoms with Crippen molar-refractivity contribution in [2.75, 3.05) is 18.4 Å². The van der Waals surface area contributed by atoms with Gasteiger partial charge < -0.3 is 14.5 Å². The Hall–Kier alpha value is -3.05. The minimum absolute atomic E-state index is 0.261. The summed E-state index contributed by atoms with van der Waals surface area (Å²) in [6.07, 6.45) is 3.91. The Balaban J connectivity index is 1.32. The number of ether oxygens (including phenoxy) is 1. The monoisotopic (exact) mass is 446 g/mol. The van der Waals surface area contributed by atoms with E-state index < -0.39 is 0 Å². The molecule has 174 valence electrons. The summed E-state index contributed by atoms with van der Waals surface area (Å²) in [4.78, 5) is 15.1. The molecule has 0 spiro atoms. The number of hydrogen-bond donors (Lipinski definition) is 1. The van der Waals surface area contributed by atoms with Crippen LogP contribution in [0.5, 0.6) is 5.75 Å². The zero-order valence-corrected chi connectivity index (χ0v) is 19.9. The summed E-state index contributed by atoms with van der Waals surface area (Å²) in [7, 11) is 0. The molecular weight excluding hydrogens is 412 g/mol. The number of aryl methyl sites for hydroxylation is 1. The molecule has 0 aliphatic carbocycles. The number of carbonyl (C=O) groups is 1. The molecule has 1 N–H and O–H groups in total. The highest BCUT2D eigenvalue weighted by Crippen LogP contribution is 2.28. The van der Waals surface area contributed by atoms with Gasteiger partial charge >= 0.3 is 0 Å². The maximum Gasteiger partial charge on any atom is 0.291 e. The van der Waals surface area contributed by atoms with Gasteiger partial charge in [-0.2, -0.15) is 0 Å². The van der Waals surface area contributed by atoms with Gasteiger partial charge in [0, 0.05) is 12.2 Å². The molecule has 5 heteroatoms. The highest BCUT2D eigenvalue weighted by atomic mass is 16.5. The molecule has 0 atom stereocenters. The summed E-state index contributed by atoms with van der Waals surface area (Å²) in [5.41, 5.74) is 4.34. The quantitative estimate of drug-likeness (QED) is 0.427. The van der Waals surface area contributed by atoms with E-state index in [1.807, 2.05) is 25.1 Å². The van der Waals surface area contributed by atoms with Gasteiger partial charge in [-0.1, -0.05) is 44.5 Å². The molecule has 3 aromatic rings. The van der Waals surface area contributed by atoms with E-state index in [4.69, 9.17) is 9.15 Å². The van der Waals surface area contributed by atoms with Crippen LogP contribution in [0.1, 0.15) is 72.0 Å². The first-order valence-corrected chi connectivity index (χ1v) is 11.9. The minimum Gasteiger partial charge on any atom is -0.485 e. The van der Waals surface area contributed by atoms with E-state index in [1.54, 1.807) is 12.1 Å². The van der Waals surface area contributed by atoms with Crippen LogP contribution in [0.2, 0.25) is 0 Å². The van der Waals surface area contributed by atoms with E-state index in [0.29, 0.717) is 11.7 Å². The Morgan fingerprint density at radius 1 is 1.03 bits per heavy atom. The van der Waals surface area contributed by atoms with Crippen molar-refractivity contribution < 1.29 is 13.9 Å². The second kappa shape index (κ2) is 10.7. The van der Waals surface area contributed by atoms with Crippen LogP contribution in [0.15, 0.2) is 59.0 Å². The van der Waals surface area contributed by atoms with Gasteiger partial charge in [0.15, 0.2) is 5.76 Å². The molecule has 5 nitrogen and oxygen atoms in total. The van der Waals surface area contributed by atoms with Crippen molar-refractivity contribution >= 4 is 11.6 Å². The highest BCUT2D eigenvalue weighted by molar-refractivity contribution is 6.02. The second-order valence-electron chi connectivity index (χ2n) is 9.24. The fourth-order valence-corrected chi connectivity index (χ4v) is 4.23. The van der Waals surface area contributed by atoms with E-state index >= 15 is 0 Å². The van der Waals surface area contributed by atoms with E-state index in [1.165, 1.54) is 37.9 Å². The molecule has 0 saturated carbocycles. The third-order valence-electron chi connectivity index (χ3n) is 6.11. The normalized spacial score (nSPS) is 14.4. The number of hydrogen-bond acceptors (Lipinski definition) is 4. The maximum atomic E-state index is 12.6. The molecule has 0 bridgehead atoms. The van der Waals surface area contributed by atoms with Crippen LogP contribution in [0.25, 0.3) is 0 Å². The van der Waals surface area contributed by atoms with Gasteiger partial charge in [0.1, 0.15) is 18.1 Å². The first-order chi connectivity index (χ1) is 16.0. The second-order valence-corrected chi connectivity index (χ2v) is 9.24. The van der Waals surface area contributed by atoms with E-state index in [0.717, 1.165) is 29.1 Å². The van der Waals surface area contributed by atoms with Crippen LogP contribution in [-0.4, -0.2) is 23.9 Å². The fourth-order valence-electron chi connectivity index (χ4n) is 4.23. The number of nitrogens with one attached hydrogen (secondary N) is 1. The lowest BCUT2D eigenvalue weighted by Gasteiger charge is -2.26. The molecule has 1 saturated heterocycles. The number of amides is 1. The van der Waals surface area contributed by atoms with Crippen LogP contribution in [0.4, 0.5) is 5.69 Å². The van der Waals surface area contributed by atoms with Crippen LogP contribution in [0, 0.1) is 6.92 Å². The molecule has 33 heavy (non-hydrogen) atoms. The molecule has 1 aliphatic heterocycles. The van der Waals surface area contributed by atoms with Crippen LogP contribution < -0.4 is 10.1 Å². The van der Waals surface area contributed by atoms with Gasteiger partial charge in [0.2, 0.25) is 0 Å². The standard InChI is InChI=1S/C28H34N2O3/c1-20(2)25-13-7-21(3)17-27(25)32-19-24-12-14-26(33-24)28(31)29-23-10-8-22(9-11-23)18-30-15-5-4-6-16-30/h7-14,17,20H,4-6,15-16,18-19H2,1-3H3,(H,29,31). The van der Waals surface area contributed by atoms with Crippen molar-refractivity contribution in [3.63, 3.8) is 0 Å². The van der Waals surface area contributed by atoms with Gasteiger partial charge in [-0.3, -0.25) is 9.69 Å². The number of piperidine rings is 1. The summed E-state index contributed by atoms with van der Waals surface area (Å²) in [5.74, 6) is 1.86. The average molecular weight is 447 g/mol. The van der Waals surface area contributed by atoms with Crippen molar-refractivity contribution in [3.05, 3.63) is 82.8 Å². The van der Waals surface area contributed by atoms with Gasteiger partial charge in [-0.15, -0.1) is 0 Å². The Morgan fingerprint density at radius 3 is 2.52 bits per heavy atom. The summed E-state index contributed by atoms with van der Waals surface area (Å²) in [6, 6.07) is 17.8. The van der Waals surface area contributed by atoms with E-state index in [2.05, 4.69) is 48.3 Å². The average Bonchev–Trinajstić information content (AvgIpc) is 3.29. The molecular formula is C28H34N2O3. The number of benzene rings is 2. The number of nitrogens with zero attached hydrogens (tertiary/aromatic N) is 1. The Bertz CT molecular complexity index is 1060. The zero-order chi connectivity index (χ0) is 23.2. The molecule has 0 radical (unpaired) electrons. The van der Waals surface area contributed by atoms with Gasteiger partial charge in [-0.05, 0) is 85.8 Å². The maximum absolute atomic E-state index is 12.6. The molecule has 1 fully saturated rings. The predicted octanol–water partition coefficient (Wildman–Crippen LogP) is 6.53. The number of anilines is 1. The molecule has 1 aliphatic rings. The minimum atomic E-state index is -0.261. The van der Waals surface area contributed by atoms with Crippen molar-refractivity contribution in [2.24, 2.45) is 0 Å². The van der Waals surface area contributed by atoms with E-state index in [9.17, 15) is 4.79 Å². The fraction of sp³-hybridized carbons (Fsp3) is 0.393. The summed E-state index contributed by atoms with van der Waals surface area (Å²) in [6.45, 7) is 9.93. The summed E-state index contributed by atoms with van der Waals surface area (Å²) in [5, 5.41) is 2.92. The Kier molecular flexibility index (Phi) is 7.50. The molecule has 2 heterocycles. The number of furan rings is 1. The van der Waals surface area contributed by atoms with Crippen LogP contribution >= 0.6 is 0 Å². The Morgan fingerprint density at radius 2 is 1.79 bits per heavy atom. The largest absolute Gasteiger partial charge is 0.485 e. The van der Waals surface area contributed by atoms with Crippen molar-refractivity contribution in [2.45, 2.75) is 59.1 Å². The molecule has 4 rings (SSSR count). The van der Waals surface area contributed by atoms with Crippen LogP contribution in [-0.2, 0) is 13.2 Å². The number of carbonyl (C=O) groups excluding carboxylic acids is 1. The lowest BCUT2D eigenvalue weighted by atomic mass is 10.0. The Labute approximate surface area is 196 Å². The number of likely N-dealkylation sites (tertiary alicyclic amines) is 1. The van der Waals surface area contributed by atoms with Crippen molar-refractivity contribution in [1.82, 2.24) is 4.90 Å². The first kappa shape index (κ1) is 23.1. The number of rotatable bonds is 8. The summed E-state index contributed by atoms with van der Waals surface area (Å²) < 4.78 is 11.8. The third-order valence-corrected chi connectivity index (χ3v) is 6.11. The van der Waals surface area contributed by atoms with Crippen molar-refractivity contribution in [1.29, 1.82) is 0 Å². The predicted molar refractivity (Wildman–Crippen MR) is 132 cm³/mol. The van der Waals surface area contributed by atoms with Crippen molar-refractivity contribution in [3.8, 4) is 5.75 Å². The molecule has 0 unspecified atom stereocenters. The van der Waals surface area contributed by atoms with Gasteiger partial charge in [-0.25, -0.2) is 0 Å². The molecule has 1 aromatic heterocycles. The topological polar surface area (TPSA) is 54.7 Å². The highest BCUT2D eigenvalue weighted by Gasteiger charge is 2.14. The smallest absolute Gasteiger partial charge is 0.291 e. The lowest BCUT2D eigenvalue weighted by Crippen LogP contribution is -2.29. The third kappa shape index (κ3) is 6.26. The molecule has 1 amide bonds. The van der Waals surface area contributed by atoms with Crippen LogP contribution in [0.3, 0.4) is 0 Å². The molecule has 2 aromatic carbocycles. The van der Waals surface area contributed by atoms with Gasteiger partial charge in [0.05, 0.1) is 0 Å². The van der Waals surface area contributed by atoms with Gasteiger partial charge in [0.25, 0.3) is 5.91 Å². The van der Waals surface area contributed by atoms with E-state index in [-0.39, 0.29) is 18.3 Å². The summed E-state index contributed by atoms with van der Waals surface area (Å²) >= 11 is 0. The lowest BCUT2D eigenvalue weighted by molar-refractivity contribution is 0.0992.